The fraction of sp³-hybridized carbons (Fsp3) is 0.583. The Morgan fingerprint density at radius 1 is 1.38 bits per heavy atom. The molecule has 0 fully saturated rings. The van der Waals surface area contributed by atoms with Gasteiger partial charge in [-0.05, 0) is 32.3 Å². The van der Waals surface area contributed by atoms with Crippen LogP contribution in [0.4, 0.5) is 0 Å². The fourth-order valence-electron chi connectivity index (χ4n) is 1.61. The third-order valence-corrected chi connectivity index (χ3v) is 2.34. The zero-order valence-electron chi connectivity index (χ0n) is 9.04. The summed E-state index contributed by atoms with van der Waals surface area (Å²) in [6.07, 6.45) is 7.50. The Bertz CT molecular complexity index is 256. The molecule has 13 heavy (non-hydrogen) atoms. The lowest BCUT2D eigenvalue weighted by Gasteiger charge is -2.14. The largest absolute Gasteiger partial charge is 0.265 e. The Balaban J connectivity index is 2.76. The summed E-state index contributed by atoms with van der Waals surface area (Å²) in [6, 6.07) is 0. The summed E-state index contributed by atoms with van der Waals surface area (Å²) >= 11 is 0. The van der Waals surface area contributed by atoms with Crippen LogP contribution < -0.4 is 0 Å². The summed E-state index contributed by atoms with van der Waals surface area (Å²) in [5, 5.41) is 0. The van der Waals surface area contributed by atoms with Gasteiger partial charge in [0.15, 0.2) is 0 Å². The normalized spacial score (nSPS) is 22.7. The number of rotatable bonds is 2. The topological polar surface area (TPSA) is 12.4 Å². The van der Waals surface area contributed by atoms with Crippen LogP contribution in [0.5, 0.6) is 0 Å². The van der Waals surface area contributed by atoms with E-state index in [0.29, 0.717) is 5.92 Å². The van der Waals surface area contributed by atoms with Crippen molar-refractivity contribution < 1.29 is 0 Å². The molecule has 0 amide bonds. The van der Waals surface area contributed by atoms with Gasteiger partial charge in [0.05, 0.1) is 0 Å². The Morgan fingerprint density at radius 3 is 2.69 bits per heavy atom. The van der Waals surface area contributed by atoms with Crippen molar-refractivity contribution in [3.63, 3.8) is 0 Å². The molecule has 0 saturated carbocycles. The Morgan fingerprint density at radius 2 is 2.08 bits per heavy atom. The molecular weight excluding hydrogens is 158 g/mol. The predicted molar refractivity (Wildman–Crippen MR) is 59.0 cm³/mol. The van der Waals surface area contributed by atoms with Crippen LogP contribution >= 0.6 is 0 Å². The molecule has 0 radical (unpaired) electrons. The van der Waals surface area contributed by atoms with E-state index in [1.54, 1.807) is 0 Å². The zero-order valence-corrected chi connectivity index (χ0v) is 9.04. The van der Waals surface area contributed by atoms with Crippen molar-refractivity contribution in [1.29, 1.82) is 0 Å². The van der Waals surface area contributed by atoms with E-state index in [0.717, 1.165) is 5.92 Å². The molecular formula is C12H19N. The van der Waals surface area contributed by atoms with Gasteiger partial charge < -0.3 is 0 Å². The summed E-state index contributed by atoms with van der Waals surface area (Å²) in [6.45, 7) is 8.77. The van der Waals surface area contributed by atoms with Gasteiger partial charge in [0.2, 0.25) is 0 Å². The van der Waals surface area contributed by atoms with Gasteiger partial charge in [-0.1, -0.05) is 25.5 Å². The molecule has 0 spiro atoms. The van der Waals surface area contributed by atoms with E-state index in [-0.39, 0.29) is 0 Å². The summed E-state index contributed by atoms with van der Waals surface area (Å²) < 4.78 is 0. The maximum atomic E-state index is 4.39. The van der Waals surface area contributed by atoms with Gasteiger partial charge in [-0.2, -0.15) is 0 Å². The molecule has 0 aromatic carbocycles. The maximum Gasteiger partial charge on any atom is 0.0269 e. The second kappa shape index (κ2) is 4.40. The van der Waals surface area contributed by atoms with E-state index in [4.69, 9.17) is 0 Å². The van der Waals surface area contributed by atoms with Crippen LogP contribution in [0.1, 0.15) is 34.1 Å². The van der Waals surface area contributed by atoms with Gasteiger partial charge in [0.25, 0.3) is 0 Å². The molecule has 1 heteroatoms. The number of aliphatic imine (C=N–C) groups is 1. The van der Waals surface area contributed by atoms with E-state index in [9.17, 15) is 0 Å². The van der Waals surface area contributed by atoms with Crippen LogP contribution in [0, 0.1) is 11.8 Å². The third kappa shape index (κ3) is 3.17. The van der Waals surface area contributed by atoms with E-state index in [1.165, 1.54) is 17.7 Å². The van der Waals surface area contributed by atoms with Gasteiger partial charge >= 0.3 is 0 Å². The molecule has 0 aromatic rings. The van der Waals surface area contributed by atoms with E-state index >= 15 is 0 Å². The van der Waals surface area contributed by atoms with Crippen molar-refractivity contribution in [1.82, 2.24) is 0 Å². The smallest absolute Gasteiger partial charge is 0.0269 e. The van der Waals surface area contributed by atoms with Gasteiger partial charge in [-0.25, -0.2) is 0 Å². The van der Waals surface area contributed by atoms with Crippen LogP contribution in [-0.2, 0) is 0 Å². The fourth-order valence-corrected chi connectivity index (χ4v) is 1.61. The number of hydrogen-bond donors (Lipinski definition) is 0. The average molecular weight is 177 g/mol. The minimum Gasteiger partial charge on any atom is -0.265 e. The van der Waals surface area contributed by atoms with Crippen molar-refractivity contribution in [3.05, 3.63) is 23.9 Å². The summed E-state index contributed by atoms with van der Waals surface area (Å²) in [5.41, 5.74) is 2.56. The molecule has 1 rings (SSSR count). The molecule has 1 atom stereocenters. The van der Waals surface area contributed by atoms with E-state index in [1.807, 2.05) is 6.20 Å². The van der Waals surface area contributed by atoms with Crippen LogP contribution in [0.15, 0.2) is 28.9 Å². The van der Waals surface area contributed by atoms with Crippen LogP contribution in [-0.4, -0.2) is 5.71 Å². The summed E-state index contributed by atoms with van der Waals surface area (Å²) in [5.74, 6) is 1.27. The Labute approximate surface area is 81.3 Å². The maximum absolute atomic E-state index is 4.39. The average Bonchev–Trinajstić information content (AvgIpc) is 2.14. The monoisotopic (exact) mass is 177 g/mol. The minimum absolute atomic E-state index is 0.537. The predicted octanol–water partition coefficient (Wildman–Crippen LogP) is 3.58. The first kappa shape index (κ1) is 10.2. The first-order valence-electron chi connectivity index (χ1n) is 4.99. The Hall–Kier alpha value is -0.850. The highest BCUT2D eigenvalue weighted by molar-refractivity contribution is 5.87. The molecule has 1 aliphatic rings. The SMILES string of the molecule is CC1=CC(CC(C)C)C(C)=NC=C1. The second-order valence-corrected chi connectivity index (χ2v) is 4.23. The van der Waals surface area contributed by atoms with Crippen LogP contribution in [0.2, 0.25) is 0 Å². The highest BCUT2D eigenvalue weighted by Gasteiger charge is 2.12. The lowest BCUT2D eigenvalue weighted by molar-refractivity contribution is 0.547. The van der Waals surface area contributed by atoms with Crippen LogP contribution in [0.3, 0.4) is 0 Å². The molecule has 0 aromatic heterocycles. The van der Waals surface area contributed by atoms with Gasteiger partial charge in [0, 0.05) is 17.8 Å². The first-order valence-corrected chi connectivity index (χ1v) is 4.99. The molecule has 0 saturated heterocycles. The third-order valence-electron chi connectivity index (χ3n) is 2.34. The van der Waals surface area contributed by atoms with Gasteiger partial charge in [0.1, 0.15) is 0 Å². The standard InChI is InChI=1S/C12H19N/c1-9(2)7-12-8-10(3)5-6-13-11(12)4/h5-6,8-9,12H,7H2,1-4H3. The van der Waals surface area contributed by atoms with Crippen molar-refractivity contribution in [2.24, 2.45) is 16.8 Å². The highest BCUT2D eigenvalue weighted by Crippen LogP contribution is 2.19. The van der Waals surface area contributed by atoms with Gasteiger partial charge in [-0.15, -0.1) is 0 Å². The van der Waals surface area contributed by atoms with Crippen molar-refractivity contribution >= 4 is 5.71 Å². The Kier molecular flexibility index (Phi) is 3.47. The lowest BCUT2D eigenvalue weighted by atomic mass is 9.92. The van der Waals surface area contributed by atoms with Crippen molar-refractivity contribution in [3.8, 4) is 0 Å². The molecule has 1 aliphatic heterocycles. The first-order chi connectivity index (χ1) is 6.09. The summed E-state index contributed by atoms with van der Waals surface area (Å²) in [4.78, 5) is 4.39. The van der Waals surface area contributed by atoms with E-state index in [2.05, 4.69) is 44.8 Å². The van der Waals surface area contributed by atoms with Crippen molar-refractivity contribution in [2.75, 3.05) is 0 Å². The van der Waals surface area contributed by atoms with Crippen molar-refractivity contribution in [2.45, 2.75) is 34.1 Å². The second-order valence-electron chi connectivity index (χ2n) is 4.23. The molecule has 0 aliphatic carbocycles. The molecule has 72 valence electrons. The lowest BCUT2D eigenvalue weighted by Crippen LogP contribution is -2.11. The highest BCUT2D eigenvalue weighted by atomic mass is 14.7. The zero-order chi connectivity index (χ0) is 9.84. The number of allylic oxidation sites excluding steroid dienone is 3. The molecule has 0 bridgehead atoms. The molecule has 1 nitrogen and oxygen atoms in total. The molecule has 0 N–H and O–H groups in total. The number of nitrogens with zero attached hydrogens (tertiary/aromatic N) is 1. The quantitative estimate of drug-likeness (QED) is 0.611. The van der Waals surface area contributed by atoms with Crippen LogP contribution in [0.25, 0.3) is 0 Å². The van der Waals surface area contributed by atoms with E-state index < -0.39 is 0 Å². The molecule has 1 heterocycles. The number of hydrogen-bond acceptors (Lipinski definition) is 1. The van der Waals surface area contributed by atoms with Gasteiger partial charge in [-0.3, -0.25) is 4.99 Å². The molecule has 1 unspecified atom stereocenters. The minimum atomic E-state index is 0.537. The summed E-state index contributed by atoms with van der Waals surface area (Å²) in [7, 11) is 0.